The van der Waals surface area contributed by atoms with Crippen molar-refractivity contribution in [2.45, 2.75) is 19.0 Å². The Morgan fingerprint density at radius 1 is 1.21 bits per heavy atom. The predicted octanol–water partition coefficient (Wildman–Crippen LogP) is 3.63. The lowest BCUT2D eigenvalue weighted by Gasteiger charge is -2.23. The van der Waals surface area contributed by atoms with Crippen molar-refractivity contribution >= 4 is 11.8 Å². The lowest BCUT2D eigenvalue weighted by molar-refractivity contribution is -0.137. The van der Waals surface area contributed by atoms with Crippen molar-refractivity contribution in [2.75, 3.05) is 26.7 Å². The van der Waals surface area contributed by atoms with Crippen molar-refractivity contribution in [2.24, 2.45) is 5.92 Å². The van der Waals surface area contributed by atoms with Gasteiger partial charge in [0.1, 0.15) is 0 Å². The standard InChI is InChI=1S/C20H21F3N2O3/c1-3-24(2)18(26)16-12-25(19(27)17-8-5-9-28-17)11-15(16)13-6-4-7-14(10-13)20(21,22)23/h4-10,15-16H,3,11-12H2,1-2H3/t15-,16-/m0/s1. The van der Waals surface area contributed by atoms with Crippen LogP contribution in [0, 0.1) is 5.92 Å². The molecule has 0 bridgehead atoms. The SMILES string of the molecule is CCN(C)C(=O)[C@H]1CN(C(=O)c2ccco2)C[C@H]1c1cccc(C(F)(F)F)c1. The van der Waals surface area contributed by atoms with Gasteiger partial charge in [0.2, 0.25) is 5.91 Å². The number of carbonyl (C=O) groups excluding carboxylic acids is 2. The molecule has 150 valence electrons. The van der Waals surface area contributed by atoms with Gasteiger partial charge in [-0.2, -0.15) is 13.2 Å². The summed E-state index contributed by atoms with van der Waals surface area (Å²) < 4.78 is 44.5. The summed E-state index contributed by atoms with van der Waals surface area (Å²) in [7, 11) is 1.64. The summed E-state index contributed by atoms with van der Waals surface area (Å²) in [6, 6.07) is 8.08. The number of carbonyl (C=O) groups is 2. The molecule has 0 N–H and O–H groups in total. The number of hydrogen-bond acceptors (Lipinski definition) is 3. The fourth-order valence-corrected chi connectivity index (χ4v) is 3.50. The van der Waals surface area contributed by atoms with E-state index in [4.69, 9.17) is 4.42 Å². The zero-order valence-electron chi connectivity index (χ0n) is 15.6. The van der Waals surface area contributed by atoms with Gasteiger partial charge in [-0.25, -0.2) is 0 Å². The van der Waals surface area contributed by atoms with Gasteiger partial charge in [0.05, 0.1) is 17.7 Å². The molecule has 2 aromatic rings. The van der Waals surface area contributed by atoms with Gasteiger partial charge in [0.25, 0.3) is 5.91 Å². The predicted molar refractivity (Wildman–Crippen MR) is 95.6 cm³/mol. The fourth-order valence-electron chi connectivity index (χ4n) is 3.50. The van der Waals surface area contributed by atoms with E-state index < -0.39 is 23.6 Å². The van der Waals surface area contributed by atoms with Gasteiger partial charge in [0.15, 0.2) is 5.76 Å². The monoisotopic (exact) mass is 394 g/mol. The molecule has 0 unspecified atom stereocenters. The molecule has 2 amide bonds. The molecule has 28 heavy (non-hydrogen) atoms. The van der Waals surface area contributed by atoms with E-state index in [0.717, 1.165) is 12.1 Å². The molecule has 3 rings (SSSR count). The Morgan fingerprint density at radius 3 is 2.57 bits per heavy atom. The van der Waals surface area contributed by atoms with E-state index in [2.05, 4.69) is 0 Å². The summed E-state index contributed by atoms with van der Waals surface area (Å²) >= 11 is 0. The summed E-state index contributed by atoms with van der Waals surface area (Å²) in [5.41, 5.74) is -0.372. The van der Waals surface area contributed by atoms with Crippen LogP contribution in [-0.2, 0) is 11.0 Å². The summed E-state index contributed by atoms with van der Waals surface area (Å²) in [4.78, 5) is 28.5. The molecule has 1 aromatic carbocycles. The minimum Gasteiger partial charge on any atom is -0.459 e. The first-order valence-electron chi connectivity index (χ1n) is 8.97. The van der Waals surface area contributed by atoms with Crippen molar-refractivity contribution < 1.29 is 27.2 Å². The van der Waals surface area contributed by atoms with Crippen LogP contribution in [0.15, 0.2) is 47.1 Å². The van der Waals surface area contributed by atoms with Gasteiger partial charge < -0.3 is 14.2 Å². The number of alkyl halides is 3. The lowest BCUT2D eigenvalue weighted by Crippen LogP contribution is -2.36. The Hall–Kier alpha value is -2.77. The number of rotatable bonds is 4. The molecule has 1 saturated heterocycles. The van der Waals surface area contributed by atoms with Crippen LogP contribution in [0.5, 0.6) is 0 Å². The second kappa shape index (κ2) is 7.69. The van der Waals surface area contributed by atoms with Crippen LogP contribution in [0.1, 0.15) is 34.5 Å². The van der Waals surface area contributed by atoms with Crippen LogP contribution >= 0.6 is 0 Å². The van der Waals surface area contributed by atoms with Crippen LogP contribution in [0.25, 0.3) is 0 Å². The molecule has 1 aliphatic rings. The molecule has 1 aromatic heterocycles. The van der Waals surface area contributed by atoms with E-state index >= 15 is 0 Å². The molecular weight excluding hydrogens is 373 g/mol. The minimum atomic E-state index is -4.47. The zero-order valence-corrected chi connectivity index (χ0v) is 15.6. The van der Waals surface area contributed by atoms with Crippen molar-refractivity contribution in [3.63, 3.8) is 0 Å². The van der Waals surface area contributed by atoms with Gasteiger partial charge in [0, 0.05) is 32.6 Å². The average molecular weight is 394 g/mol. The summed E-state index contributed by atoms with van der Waals surface area (Å²) in [5, 5.41) is 0. The van der Waals surface area contributed by atoms with Crippen LogP contribution in [0.3, 0.4) is 0 Å². The van der Waals surface area contributed by atoms with Gasteiger partial charge in [-0.3, -0.25) is 9.59 Å². The molecule has 0 saturated carbocycles. The number of nitrogens with zero attached hydrogens (tertiary/aromatic N) is 2. The molecule has 0 aliphatic carbocycles. The second-order valence-electron chi connectivity index (χ2n) is 6.88. The average Bonchev–Trinajstić information content (AvgIpc) is 3.35. The first-order valence-corrected chi connectivity index (χ1v) is 8.97. The van der Waals surface area contributed by atoms with Gasteiger partial charge in [-0.1, -0.05) is 18.2 Å². The molecule has 5 nitrogen and oxygen atoms in total. The van der Waals surface area contributed by atoms with Crippen molar-refractivity contribution in [3.8, 4) is 0 Å². The van der Waals surface area contributed by atoms with Crippen LogP contribution in [0.4, 0.5) is 13.2 Å². The lowest BCUT2D eigenvalue weighted by atomic mass is 9.87. The molecule has 2 heterocycles. The molecule has 0 spiro atoms. The number of halogens is 3. The third-order valence-electron chi connectivity index (χ3n) is 5.15. The highest BCUT2D eigenvalue weighted by Gasteiger charge is 2.42. The third kappa shape index (κ3) is 3.90. The van der Waals surface area contributed by atoms with Crippen molar-refractivity contribution in [1.29, 1.82) is 0 Å². The maximum Gasteiger partial charge on any atom is 0.416 e. The number of amides is 2. The molecular formula is C20H21F3N2O3. The maximum absolute atomic E-state index is 13.1. The molecule has 0 radical (unpaired) electrons. The fraction of sp³-hybridized carbons (Fsp3) is 0.400. The molecule has 1 fully saturated rings. The Morgan fingerprint density at radius 2 is 1.96 bits per heavy atom. The maximum atomic E-state index is 13.1. The minimum absolute atomic E-state index is 0.129. The second-order valence-corrected chi connectivity index (χ2v) is 6.88. The van der Waals surface area contributed by atoms with E-state index in [0.29, 0.717) is 12.1 Å². The van der Waals surface area contributed by atoms with E-state index in [1.807, 2.05) is 6.92 Å². The highest BCUT2D eigenvalue weighted by atomic mass is 19.4. The quantitative estimate of drug-likeness (QED) is 0.796. The first kappa shape index (κ1) is 20.0. The van der Waals surface area contributed by atoms with Gasteiger partial charge in [-0.15, -0.1) is 0 Å². The number of furan rings is 1. The molecule has 2 atom stereocenters. The Kier molecular flexibility index (Phi) is 5.49. The molecule has 8 heteroatoms. The summed E-state index contributed by atoms with van der Waals surface area (Å²) in [6.07, 6.45) is -3.10. The zero-order chi connectivity index (χ0) is 20.5. The van der Waals surface area contributed by atoms with E-state index in [1.165, 1.54) is 28.2 Å². The topological polar surface area (TPSA) is 53.8 Å². The van der Waals surface area contributed by atoms with Crippen LogP contribution in [0.2, 0.25) is 0 Å². The van der Waals surface area contributed by atoms with E-state index in [9.17, 15) is 22.8 Å². The van der Waals surface area contributed by atoms with E-state index in [1.54, 1.807) is 19.2 Å². The van der Waals surface area contributed by atoms with Crippen molar-refractivity contribution in [1.82, 2.24) is 9.80 Å². The highest BCUT2D eigenvalue weighted by Crippen LogP contribution is 2.37. The van der Waals surface area contributed by atoms with Gasteiger partial charge >= 0.3 is 6.18 Å². The molecule has 1 aliphatic heterocycles. The highest BCUT2D eigenvalue weighted by molar-refractivity contribution is 5.92. The summed E-state index contributed by atoms with van der Waals surface area (Å²) in [5.74, 6) is -1.58. The first-order chi connectivity index (χ1) is 13.2. The normalized spacial score (nSPS) is 19.7. The van der Waals surface area contributed by atoms with Crippen LogP contribution in [-0.4, -0.2) is 48.3 Å². The van der Waals surface area contributed by atoms with E-state index in [-0.39, 0.29) is 30.7 Å². The summed E-state index contributed by atoms with van der Waals surface area (Å²) in [6.45, 7) is 2.56. The van der Waals surface area contributed by atoms with Crippen molar-refractivity contribution in [3.05, 3.63) is 59.5 Å². The third-order valence-corrected chi connectivity index (χ3v) is 5.15. The largest absolute Gasteiger partial charge is 0.459 e. The van der Waals surface area contributed by atoms with Crippen LogP contribution < -0.4 is 0 Å². The van der Waals surface area contributed by atoms with Gasteiger partial charge in [-0.05, 0) is 30.7 Å². The Labute approximate surface area is 160 Å². The smallest absolute Gasteiger partial charge is 0.416 e. The Bertz CT molecular complexity index is 849. The Balaban J connectivity index is 1.94. The number of likely N-dealkylation sites (tertiary alicyclic amines) is 1. The number of hydrogen-bond donors (Lipinski definition) is 0. The number of benzene rings is 1.